The van der Waals surface area contributed by atoms with Gasteiger partial charge in [-0.15, -0.1) is 0 Å². The van der Waals surface area contributed by atoms with Crippen molar-refractivity contribution in [3.63, 3.8) is 0 Å². The van der Waals surface area contributed by atoms with Crippen LogP contribution in [0.4, 0.5) is 5.69 Å². The summed E-state index contributed by atoms with van der Waals surface area (Å²) in [5.41, 5.74) is 6.87. The second-order valence-corrected chi connectivity index (χ2v) is 2.55. The fourth-order valence-electron chi connectivity index (χ4n) is 0.841. The maximum Gasteiger partial charge on any atom is 0.0671 e. The van der Waals surface area contributed by atoms with Crippen molar-refractivity contribution in [2.24, 2.45) is 0 Å². The third-order valence-corrected chi connectivity index (χ3v) is 1.77. The first-order valence-corrected chi connectivity index (χ1v) is 3.53. The van der Waals surface area contributed by atoms with Gasteiger partial charge in [-0.25, -0.2) is 0 Å². The Morgan fingerprint density at radius 3 is 2.82 bits per heavy atom. The monoisotopic (exact) mass is 166 g/mol. The molecule has 0 spiro atoms. The van der Waals surface area contributed by atoms with Gasteiger partial charge in [0.2, 0.25) is 0 Å². The second-order valence-electron chi connectivity index (χ2n) is 2.14. The van der Waals surface area contributed by atoms with Gasteiger partial charge in [0.15, 0.2) is 0 Å². The van der Waals surface area contributed by atoms with E-state index in [1.165, 1.54) is 0 Å². The van der Waals surface area contributed by atoms with Crippen molar-refractivity contribution in [3.8, 4) is 6.07 Å². The van der Waals surface area contributed by atoms with Gasteiger partial charge in [0.25, 0.3) is 0 Å². The molecule has 1 aromatic rings. The van der Waals surface area contributed by atoms with Crippen molar-refractivity contribution in [2.45, 2.75) is 6.42 Å². The molecule has 0 radical (unpaired) electrons. The number of hydrogen-bond donors (Lipinski definition) is 1. The summed E-state index contributed by atoms with van der Waals surface area (Å²) in [5, 5.41) is 8.97. The Kier molecular flexibility index (Phi) is 2.35. The Labute approximate surface area is 70.2 Å². The highest BCUT2D eigenvalue weighted by Crippen LogP contribution is 2.21. The minimum Gasteiger partial charge on any atom is -0.398 e. The summed E-state index contributed by atoms with van der Waals surface area (Å²) in [6.07, 6.45) is 0.269. The molecule has 0 unspecified atom stereocenters. The Morgan fingerprint density at radius 1 is 1.55 bits per heavy atom. The fourth-order valence-corrected chi connectivity index (χ4v) is 1.09. The van der Waals surface area contributed by atoms with Gasteiger partial charge < -0.3 is 5.73 Å². The van der Waals surface area contributed by atoms with Crippen LogP contribution in [0, 0.1) is 11.3 Å². The molecular weight excluding hydrogens is 160 g/mol. The number of rotatable bonds is 1. The van der Waals surface area contributed by atoms with Gasteiger partial charge in [-0.3, -0.25) is 0 Å². The summed E-state index contributed by atoms with van der Waals surface area (Å²) in [4.78, 5) is 0. The molecule has 0 aliphatic heterocycles. The SMILES string of the molecule is N#CCc1c(N)cccc1Cl. The van der Waals surface area contributed by atoms with Crippen molar-refractivity contribution in [1.82, 2.24) is 0 Å². The highest BCUT2D eigenvalue weighted by atomic mass is 35.5. The van der Waals surface area contributed by atoms with Gasteiger partial charge in [-0.05, 0) is 12.1 Å². The zero-order valence-corrected chi connectivity index (χ0v) is 6.60. The van der Waals surface area contributed by atoms with Crippen molar-refractivity contribution >= 4 is 17.3 Å². The van der Waals surface area contributed by atoms with Crippen LogP contribution in [0.2, 0.25) is 5.02 Å². The predicted molar refractivity (Wildman–Crippen MR) is 45.2 cm³/mol. The lowest BCUT2D eigenvalue weighted by atomic mass is 10.1. The first-order chi connectivity index (χ1) is 5.25. The third-order valence-electron chi connectivity index (χ3n) is 1.41. The van der Waals surface area contributed by atoms with E-state index in [0.717, 1.165) is 5.56 Å². The number of nitriles is 1. The van der Waals surface area contributed by atoms with Crippen molar-refractivity contribution < 1.29 is 0 Å². The first-order valence-electron chi connectivity index (χ1n) is 3.15. The molecule has 0 aliphatic carbocycles. The molecule has 56 valence electrons. The lowest BCUT2D eigenvalue weighted by Gasteiger charge is -2.01. The van der Waals surface area contributed by atoms with Crippen LogP contribution in [-0.4, -0.2) is 0 Å². The summed E-state index contributed by atoms with van der Waals surface area (Å²) < 4.78 is 0. The summed E-state index contributed by atoms with van der Waals surface area (Å²) in [7, 11) is 0. The third kappa shape index (κ3) is 1.63. The van der Waals surface area contributed by atoms with Crippen molar-refractivity contribution in [1.29, 1.82) is 5.26 Å². The molecule has 2 nitrogen and oxygen atoms in total. The van der Waals surface area contributed by atoms with Gasteiger partial charge in [-0.2, -0.15) is 5.26 Å². The van der Waals surface area contributed by atoms with Gasteiger partial charge >= 0.3 is 0 Å². The summed E-state index contributed by atoms with van der Waals surface area (Å²) in [5.74, 6) is 0. The topological polar surface area (TPSA) is 49.8 Å². The van der Waals surface area contributed by atoms with E-state index in [1.807, 2.05) is 6.07 Å². The Hall–Kier alpha value is -1.20. The highest BCUT2D eigenvalue weighted by molar-refractivity contribution is 6.31. The molecule has 0 amide bonds. The van der Waals surface area contributed by atoms with E-state index in [0.29, 0.717) is 10.7 Å². The molecule has 0 saturated heterocycles. The van der Waals surface area contributed by atoms with Gasteiger partial charge in [0.05, 0.1) is 12.5 Å². The van der Waals surface area contributed by atoms with Crippen LogP contribution in [0.3, 0.4) is 0 Å². The largest absolute Gasteiger partial charge is 0.398 e. The van der Waals surface area contributed by atoms with Crippen LogP contribution in [-0.2, 0) is 6.42 Å². The number of nitrogens with zero attached hydrogens (tertiary/aromatic N) is 1. The lowest BCUT2D eigenvalue weighted by Crippen LogP contribution is -1.93. The number of halogens is 1. The average Bonchev–Trinajstić information content (AvgIpc) is 1.97. The van der Waals surface area contributed by atoms with E-state index in [1.54, 1.807) is 18.2 Å². The van der Waals surface area contributed by atoms with E-state index in [2.05, 4.69) is 0 Å². The standard InChI is InChI=1S/C8H7ClN2/c9-7-2-1-3-8(11)6(7)4-5-10/h1-3H,4,11H2. The number of nitrogens with two attached hydrogens (primary N) is 1. The van der Waals surface area contributed by atoms with E-state index >= 15 is 0 Å². The molecule has 0 aliphatic rings. The molecule has 0 aromatic heterocycles. The smallest absolute Gasteiger partial charge is 0.0671 e. The highest BCUT2D eigenvalue weighted by Gasteiger charge is 2.01. The minimum absolute atomic E-state index is 0.269. The molecule has 0 fully saturated rings. The van der Waals surface area contributed by atoms with E-state index in [-0.39, 0.29) is 6.42 Å². The number of anilines is 1. The Morgan fingerprint density at radius 2 is 2.27 bits per heavy atom. The number of nitrogen functional groups attached to an aromatic ring is 1. The summed E-state index contributed by atoms with van der Waals surface area (Å²) in [6.45, 7) is 0. The zero-order valence-electron chi connectivity index (χ0n) is 5.84. The molecule has 1 aromatic carbocycles. The Balaban J connectivity index is 3.12. The average molecular weight is 167 g/mol. The van der Waals surface area contributed by atoms with E-state index in [9.17, 15) is 0 Å². The predicted octanol–water partition coefficient (Wildman–Crippen LogP) is 1.99. The zero-order chi connectivity index (χ0) is 8.27. The number of hydrogen-bond acceptors (Lipinski definition) is 2. The van der Waals surface area contributed by atoms with Gasteiger partial charge in [-0.1, -0.05) is 17.7 Å². The lowest BCUT2D eigenvalue weighted by molar-refractivity contribution is 1.27. The molecule has 0 saturated carbocycles. The van der Waals surface area contributed by atoms with Crippen molar-refractivity contribution in [3.05, 3.63) is 28.8 Å². The molecule has 0 atom stereocenters. The first kappa shape index (κ1) is 7.90. The van der Waals surface area contributed by atoms with Crippen LogP contribution < -0.4 is 5.73 Å². The minimum atomic E-state index is 0.269. The van der Waals surface area contributed by atoms with Crippen LogP contribution in [0.25, 0.3) is 0 Å². The quantitative estimate of drug-likeness (QED) is 0.649. The molecule has 2 N–H and O–H groups in total. The molecule has 0 heterocycles. The molecule has 1 rings (SSSR count). The molecule has 0 bridgehead atoms. The van der Waals surface area contributed by atoms with E-state index in [4.69, 9.17) is 22.6 Å². The summed E-state index contributed by atoms with van der Waals surface area (Å²) >= 11 is 5.78. The van der Waals surface area contributed by atoms with Crippen LogP contribution in [0.15, 0.2) is 18.2 Å². The maximum atomic E-state index is 8.40. The second kappa shape index (κ2) is 3.27. The van der Waals surface area contributed by atoms with Crippen LogP contribution in [0.1, 0.15) is 5.56 Å². The van der Waals surface area contributed by atoms with Gasteiger partial charge in [0, 0.05) is 16.3 Å². The maximum absolute atomic E-state index is 8.40. The van der Waals surface area contributed by atoms with Crippen LogP contribution in [0.5, 0.6) is 0 Å². The summed E-state index contributed by atoms with van der Waals surface area (Å²) in [6, 6.07) is 7.23. The Bertz CT molecular complexity index is 281. The number of benzene rings is 1. The van der Waals surface area contributed by atoms with Crippen LogP contribution >= 0.6 is 11.6 Å². The molecule has 11 heavy (non-hydrogen) atoms. The molecule has 3 heteroatoms. The normalized spacial score (nSPS) is 9.09. The fraction of sp³-hybridized carbons (Fsp3) is 0.125. The van der Waals surface area contributed by atoms with Gasteiger partial charge in [0.1, 0.15) is 0 Å². The molecular formula is C8H7ClN2. The van der Waals surface area contributed by atoms with E-state index < -0.39 is 0 Å². The van der Waals surface area contributed by atoms with Crippen molar-refractivity contribution in [2.75, 3.05) is 5.73 Å².